The largest absolute Gasteiger partial charge is 0.439 e. The number of aliphatic imine (C=N–C) groups is 1. The van der Waals surface area contributed by atoms with Crippen molar-refractivity contribution in [3.05, 3.63) is 100 Å². The van der Waals surface area contributed by atoms with E-state index in [1.54, 1.807) is 30.5 Å². The molecule has 3 heterocycles. The van der Waals surface area contributed by atoms with Crippen molar-refractivity contribution in [2.75, 3.05) is 5.32 Å². The molecule has 10 heteroatoms. The summed E-state index contributed by atoms with van der Waals surface area (Å²) in [5, 5.41) is 3.59. The normalized spacial score (nSPS) is 12.3. The molecular formula is C27H21ClF2N6O. The van der Waals surface area contributed by atoms with E-state index < -0.39 is 11.6 Å². The van der Waals surface area contributed by atoms with Gasteiger partial charge in [-0.25, -0.2) is 23.7 Å². The van der Waals surface area contributed by atoms with Crippen LogP contribution in [0.15, 0.2) is 70.2 Å². The molecule has 0 saturated carbocycles. The predicted molar refractivity (Wildman–Crippen MR) is 140 cm³/mol. The Kier molecular flexibility index (Phi) is 6.41. The number of hydrogen-bond acceptors (Lipinski definition) is 7. The maximum atomic E-state index is 14.7. The monoisotopic (exact) mass is 518 g/mol. The number of rotatable bonds is 4. The summed E-state index contributed by atoms with van der Waals surface area (Å²) in [6.07, 6.45) is 1.65. The highest BCUT2D eigenvalue weighted by Gasteiger charge is 2.25. The van der Waals surface area contributed by atoms with Gasteiger partial charge >= 0.3 is 0 Å². The van der Waals surface area contributed by atoms with Crippen LogP contribution in [0.2, 0.25) is 5.02 Å². The van der Waals surface area contributed by atoms with Gasteiger partial charge in [0.2, 0.25) is 11.8 Å². The minimum absolute atomic E-state index is 0. The fourth-order valence-electron chi connectivity index (χ4n) is 4.19. The summed E-state index contributed by atoms with van der Waals surface area (Å²) in [6, 6.07) is 14.2. The summed E-state index contributed by atoms with van der Waals surface area (Å²) >= 11 is 6.28. The second-order valence-electron chi connectivity index (χ2n) is 8.14. The number of aromatic nitrogens is 3. The molecule has 7 nitrogen and oxygen atoms in total. The van der Waals surface area contributed by atoms with Crippen LogP contribution >= 0.6 is 11.6 Å². The Labute approximate surface area is 216 Å². The number of halogens is 3. The van der Waals surface area contributed by atoms with Gasteiger partial charge in [0.05, 0.1) is 30.1 Å². The van der Waals surface area contributed by atoms with Crippen LogP contribution in [-0.4, -0.2) is 20.7 Å². The lowest BCUT2D eigenvalue weighted by Crippen LogP contribution is -2.10. The Balaban J connectivity index is 0.00000280. The van der Waals surface area contributed by atoms with E-state index in [2.05, 4.69) is 20.3 Å². The summed E-state index contributed by atoms with van der Waals surface area (Å²) in [7, 11) is 0. The summed E-state index contributed by atoms with van der Waals surface area (Å²) in [4.78, 5) is 18.0. The number of anilines is 2. The molecule has 0 amide bonds. The summed E-state index contributed by atoms with van der Waals surface area (Å²) in [5.41, 5.74) is 9.96. The molecule has 0 saturated heterocycles. The van der Waals surface area contributed by atoms with Gasteiger partial charge in [0, 0.05) is 33.6 Å². The number of nitrogens with zero attached hydrogens (tertiary/aromatic N) is 4. The summed E-state index contributed by atoms with van der Waals surface area (Å²) < 4.78 is 35.0. The standard InChI is InChI=1S/C26H17ClF2N6O.CH4/c27-14-4-6-16-17(8-14)25(23-18(28)2-1-3-19(23)29)31-11-13-12-32-26(35-24(13)16)33-15-5-7-21-20(9-15)34-22(10-30)36-21;/h1-9,12H,10-11,30H2,(H,32,33,35);1H4. The van der Waals surface area contributed by atoms with Crippen molar-refractivity contribution in [1.82, 2.24) is 15.0 Å². The molecule has 3 N–H and O–H groups in total. The quantitative estimate of drug-likeness (QED) is 0.285. The van der Waals surface area contributed by atoms with Gasteiger partial charge in [-0.05, 0) is 42.5 Å². The van der Waals surface area contributed by atoms with Crippen molar-refractivity contribution in [2.24, 2.45) is 10.7 Å². The van der Waals surface area contributed by atoms with Crippen LogP contribution in [0.25, 0.3) is 22.4 Å². The van der Waals surface area contributed by atoms with Crippen LogP contribution in [0.4, 0.5) is 20.4 Å². The van der Waals surface area contributed by atoms with Crippen molar-refractivity contribution in [3.63, 3.8) is 0 Å². The van der Waals surface area contributed by atoms with Gasteiger partial charge in [0.1, 0.15) is 17.2 Å². The molecule has 0 bridgehead atoms. The average molecular weight is 519 g/mol. The highest BCUT2D eigenvalue weighted by molar-refractivity contribution is 6.31. The molecule has 3 aromatic carbocycles. The first kappa shape index (κ1) is 24.5. The van der Waals surface area contributed by atoms with Crippen LogP contribution in [0, 0.1) is 11.6 Å². The Morgan fingerprint density at radius 1 is 1.00 bits per heavy atom. The van der Waals surface area contributed by atoms with E-state index in [9.17, 15) is 8.78 Å². The van der Waals surface area contributed by atoms with Crippen LogP contribution in [-0.2, 0) is 13.1 Å². The Morgan fingerprint density at radius 3 is 2.59 bits per heavy atom. The highest BCUT2D eigenvalue weighted by atomic mass is 35.5. The molecular weight excluding hydrogens is 498 g/mol. The number of oxazole rings is 1. The molecule has 2 aromatic heterocycles. The minimum Gasteiger partial charge on any atom is -0.439 e. The van der Waals surface area contributed by atoms with Gasteiger partial charge in [-0.15, -0.1) is 0 Å². The van der Waals surface area contributed by atoms with E-state index in [1.165, 1.54) is 18.2 Å². The molecule has 6 rings (SSSR count). The molecule has 0 spiro atoms. The van der Waals surface area contributed by atoms with Gasteiger partial charge < -0.3 is 15.5 Å². The molecule has 0 radical (unpaired) electrons. The van der Waals surface area contributed by atoms with Crippen LogP contribution in [0.5, 0.6) is 0 Å². The van der Waals surface area contributed by atoms with E-state index >= 15 is 0 Å². The third kappa shape index (κ3) is 4.43. The zero-order valence-corrected chi connectivity index (χ0v) is 19.4. The van der Waals surface area contributed by atoms with Crippen molar-refractivity contribution < 1.29 is 13.2 Å². The second-order valence-corrected chi connectivity index (χ2v) is 8.57. The Bertz CT molecular complexity index is 1660. The van der Waals surface area contributed by atoms with Gasteiger partial charge in [0.15, 0.2) is 5.58 Å². The first-order chi connectivity index (χ1) is 17.5. The highest BCUT2D eigenvalue weighted by Crippen LogP contribution is 2.35. The molecule has 1 aliphatic heterocycles. The number of fused-ring (bicyclic) bond motifs is 4. The maximum Gasteiger partial charge on any atom is 0.227 e. The zero-order valence-electron chi connectivity index (χ0n) is 18.6. The van der Waals surface area contributed by atoms with Gasteiger partial charge in [0.25, 0.3) is 0 Å². The van der Waals surface area contributed by atoms with Gasteiger partial charge in [-0.3, -0.25) is 4.99 Å². The molecule has 5 aromatic rings. The topological polar surface area (TPSA) is 102 Å². The van der Waals surface area contributed by atoms with Crippen LogP contribution in [0.1, 0.15) is 30.0 Å². The average Bonchev–Trinajstić information content (AvgIpc) is 3.22. The number of nitrogens with two attached hydrogens (primary N) is 1. The third-order valence-electron chi connectivity index (χ3n) is 5.83. The first-order valence-corrected chi connectivity index (χ1v) is 11.4. The predicted octanol–water partition coefficient (Wildman–Crippen LogP) is 6.41. The number of benzene rings is 3. The molecule has 0 atom stereocenters. The van der Waals surface area contributed by atoms with Crippen LogP contribution in [0.3, 0.4) is 0 Å². The van der Waals surface area contributed by atoms with E-state index in [0.29, 0.717) is 56.0 Å². The molecule has 1 aliphatic rings. The fourth-order valence-corrected chi connectivity index (χ4v) is 4.36. The van der Waals surface area contributed by atoms with Crippen molar-refractivity contribution in [1.29, 1.82) is 0 Å². The van der Waals surface area contributed by atoms with Gasteiger partial charge in [-0.1, -0.05) is 31.2 Å². The summed E-state index contributed by atoms with van der Waals surface area (Å²) in [5.74, 6) is -0.641. The van der Waals surface area contributed by atoms with Crippen molar-refractivity contribution in [2.45, 2.75) is 20.5 Å². The van der Waals surface area contributed by atoms with Gasteiger partial charge in [-0.2, -0.15) is 0 Å². The molecule has 0 aliphatic carbocycles. The van der Waals surface area contributed by atoms with Crippen molar-refractivity contribution in [3.8, 4) is 11.3 Å². The number of hydrogen-bond donors (Lipinski definition) is 2. The lowest BCUT2D eigenvalue weighted by molar-refractivity contribution is 0.533. The smallest absolute Gasteiger partial charge is 0.227 e. The number of nitrogens with one attached hydrogen (secondary N) is 1. The van der Waals surface area contributed by atoms with Crippen LogP contribution < -0.4 is 11.1 Å². The maximum absolute atomic E-state index is 14.7. The first-order valence-electron chi connectivity index (χ1n) is 11.0. The Morgan fingerprint density at radius 2 is 1.81 bits per heavy atom. The SMILES string of the molecule is C.NCc1nc2cc(Nc3ncc4c(n3)-c3ccc(Cl)cc3C(c3c(F)cccc3F)=NC4)ccc2o1. The van der Waals surface area contributed by atoms with E-state index in [4.69, 9.17) is 26.7 Å². The molecule has 0 fully saturated rings. The second kappa shape index (κ2) is 9.68. The fraction of sp³-hybridized carbons (Fsp3) is 0.111. The zero-order chi connectivity index (χ0) is 24.8. The summed E-state index contributed by atoms with van der Waals surface area (Å²) in [6.45, 7) is 0.341. The molecule has 0 unspecified atom stereocenters. The Hall–Kier alpha value is -4.21. The lowest BCUT2D eigenvalue weighted by atomic mass is 9.95. The van der Waals surface area contributed by atoms with Crippen molar-refractivity contribution >= 4 is 40.0 Å². The molecule has 37 heavy (non-hydrogen) atoms. The van der Waals surface area contributed by atoms with E-state index in [-0.39, 0.29) is 31.8 Å². The minimum atomic E-state index is -0.708. The molecule has 186 valence electrons. The third-order valence-corrected chi connectivity index (χ3v) is 6.06. The van der Waals surface area contributed by atoms with E-state index in [0.717, 1.165) is 0 Å². The van der Waals surface area contributed by atoms with E-state index in [1.807, 2.05) is 12.1 Å². The lowest BCUT2D eigenvalue weighted by Gasteiger charge is -2.13.